The lowest BCUT2D eigenvalue weighted by Gasteiger charge is -2.49. The number of aromatic nitrogens is 1. The summed E-state index contributed by atoms with van der Waals surface area (Å²) >= 11 is 0. The van der Waals surface area contributed by atoms with Crippen molar-refractivity contribution in [3.8, 4) is 0 Å². The van der Waals surface area contributed by atoms with Crippen molar-refractivity contribution in [3.05, 3.63) is 60.0 Å². The molecule has 2 fully saturated rings. The Labute approximate surface area is 137 Å². The monoisotopic (exact) mass is 310 g/mol. The van der Waals surface area contributed by atoms with Gasteiger partial charge in [0.25, 0.3) is 0 Å². The first-order valence-electron chi connectivity index (χ1n) is 8.76. The van der Waals surface area contributed by atoms with E-state index in [1.54, 1.807) is 0 Å². The van der Waals surface area contributed by atoms with E-state index >= 15 is 0 Å². The maximum absolute atomic E-state index is 13.2. The van der Waals surface area contributed by atoms with Crippen LogP contribution in [0.5, 0.6) is 0 Å². The van der Waals surface area contributed by atoms with Gasteiger partial charge in [-0.1, -0.05) is 43.2 Å². The highest BCUT2D eigenvalue weighted by Gasteiger charge is 2.40. The van der Waals surface area contributed by atoms with E-state index in [2.05, 4.69) is 40.2 Å². The fourth-order valence-electron chi connectivity index (χ4n) is 4.59. The summed E-state index contributed by atoms with van der Waals surface area (Å²) in [7, 11) is 0. The Hall–Kier alpha value is -1.90. The second-order valence-electron chi connectivity index (χ2n) is 6.85. The van der Waals surface area contributed by atoms with Gasteiger partial charge in [-0.2, -0.15) is 0 Å². The summed E-state index contributed by atoms with van der Waals surface area (Å²) in [6.07, 6.45) is 7.64. The number of anilines is 1. The lowest BCUT2D eigenvalue weighted by molar-refractivity contribution is 0.211. The summed E-state index contributed by atoms with van der Waals surface area (Å²) in [5.74, 6) is 2.02. The van der Waals surface area contributed by atoms with E-state index in [4.69, 9.17) is 0 Å². The van der Waals surface area contributed by atoms with Crippen molar-refractivity contribution in [2.45, 2.75) is 44.1 Å². The Morgan fingerprint density at radius 1 is 0.957 bits per heavy atom. The predicted molar refractivity (Wildman–Crippen MR) is 91.1 cm³/mol. The van der Waals surface area contributed by atoms with Gasteiger partial charge in [-0.3, -0.25) is 0 Å². The van der Waals surface area contributed by atoms with Crippen molar-refractivity contribution in [1.29, 1.82) is 0 Å². The van der Waals surface area contributed by atoms with Crippen LogP contribution in [-0.2, 0) is 0 Å². The molecule has 0 unspecified atom stereocenters. The van der Waals surface area contributed by atoms with Crippen molar-refractivity contribution in [3.63, 3.8) is 0 Å². The molecular formula is C20H23FN2. The molecule has 1 saturated heterocycles. The topological polar surface area (TPSA) is 16.1 Å². The molecule has 0 spiro atoms. The molecule has 0 radical (unpaired) electrons. The number of nitrogens with zero attached hydrogens (tertiary/aromatic N) is 2. The highest BCUT2D eigenvalue weighted by Crippen LogP contribution is 2.44. The standard InChI is InChI=1S/C20H23FN2/c21-16-10-11-20(22-14-16)23-13-12-17(15-6-2-1-3-7-15)18-8-4-5-9-19(18)23/h1-3,6-7,10-11,14,17-19H,4-5,8-9,12-13H2/t17-,18-,19-/m1/s1. The minimum atomic E-state index is -0.256. The molecule has 23 heavy (non-hydrogen) atoms. The second kappa shape index (κ2) is 6.31. The molecule has 1 saturated carbocycles. The summed E-state index contributed by atoms with van der Waals surface area (Å²) in [6, 6.07) is 14.9. The van der Waals surface area contributed by atoms with Crippen LogP contribution >= 0.6 is 0 Å². The van der Waals surface area contributed by atoms with Crippen LogP contribution in [0.3, 0.4) is 0 Å². The Balaban J connectivity index is 1.62. The molecule has 1 aliphatic heterocycles. The third kappa shape index (κ3) is 2.85. The third-order valence-electron chi connectivity index (χ3n) is 5.61. The summed E-state index contributed by atoms with van der Waals surface area (Å²) < 4.78 is 13.2. The zero-order valence-electron chi connectivity index (χ0n) is 13.4. The number of fused-ring (bicyclic) bond motifs is 1. The number of rotatable bonds is 2. The fourth-order valence-corrected chi connectivity index (χ4v) is 4.59. The van der Waals surface area contributed by atoms with Crippen LogP contribution < -0.4 is 4.90 Å². The number of pyridine rings is 1. The van der Waals surface area contributed by atoms with E-state index in [9.17, 15) is 4.39 Å². The Morgan fingerprint density at radius 2 is 1.78 bits per heavy atom. The first-order chi connectivity index (χ1) is 11.3. The summed E-state index contributed by atoms with van der Waals surface area (Å²) in [4.78, 5) is 6.77. The normalized spacial score (nSPS) is 27.5. The fraction of sp³-hybridized carbons (Fsp3) is 0.450. The molecule has 120 valence electrons. The number of piperidine rings is 1. The van der Waals surface area contributed by atoms with E-state index in [-0.39, 0.29) is 5.82 Å². The minimum absolute atomic E-state index is 0.256. The molecule has 0 N–H and O–H groups in total. The summed E-state index contributed by atoms with van der Waals surface area (Å²) in [5, 5.41) is 0. The minimum Gasteiger partial charge on any atom is -0.353 e. The van der Waals surface area contributed by atoms with Gasteiger partial charge in [-0.25, -0.2) is 9.37 Å². The highest BCUT2D eigenvalue weighted by molar-refractivity contribution is 5.42. The van der Waals surface area contributed by atoms with Crippen LogP contribution in [0.1, 0.15) is 43.6 Å². The maximum atomic E-state index is 13.2. The molecule has 2 aliphatic rings. The van der Waals surface area contributed by atoms with E-state index in [1.807, 2.05) is 6.07 Å². The molecule has 2 heterocycles. The van der Waals surface area contributed by atoms with E-state index < -0.39 is 0 Å². The van der Waals surface area contributed by atoms with E-state index in [0.717, 1.165) is 18.8 Å². The molecule has 1 aliphatic carbocycles. The van der Waals surface area contributed by atoms with Crippen molar-refractivity contribution in [2.75, 3.05) is 11.4 Å². The van der Waals surface area contributed by atoms with Gasteiger partial charge in [0, 0.05) is 12.6 Å². The molecule has 2 aromatic rings. The van der Waals surface area contributed by atoms with Crippen LogP contribution in [0.4, 0.5) is 10.2 Å². The summed E-state index contributed by atoms with van der Waals surface area (Å²) in [6.45, 7) is 1.01. The van der Waals surface area contributed by atoms with Gasteiger partial charge in [0.05, 0.1) is 6.20 Å². The Bertz CT molecular complexity index is 640. The van der Waals surface area contributed by atoms with Crippen LogP contribution in [0, 0.1) is 11.7 Å². The molecule has 4 rings (SSSR count). The molecule has 3 atom stereocenters. The highest BCUT2D eigenvalue weighted by atomic mass is 19.1. The average molecular weight is 310 g/mol. The zero-order chi connectivity index (χ0) is 15.6. The van der Waals surface area contributed by atoms with Gasteiger partial charge >= 0.3 is 0 Å². The number of hydrogen-bond donors (Lipinski definition) is 0. The van der Waals surface area contributed by atoms with Gasteiger partial charge in [0.15, 0.2) is 0 Å². The lowest BCUT2D eigenvalue weighted by atomic mass is 9.69. The largest absolute Gasteiger partial charge is 0.353 e. The molecule has 1 aromatic heterocycles. The molecule has 1 aromatic carbocycles. The predicted octanol–water partition coefficient (Wildman–Crippen LogP) is 4.77. The number of halogens is 1. The quantitative estimate of drug-likeness (QED) is 0.794. The van der Waals surface area contributed by atoms with Crippen molar-refractivity contribution >= 4 is 5.82 Å². The molecule has 0 bridgehead atoms. The smallest absolute Gasteiger partial charge is 0.141 e. The van der Waals surface area contributed by atoms with Gasteiger partial charge in [0.1, 0.15) is 11.6 Å². The molecule has 2 nitrogen and oxygen atoms in total. The number of hydrogen-bond acceptors (Lipinski definition) is 2. The van der Waals surface area contributed by atoms with Gasteiger partial charge in [0.2, 0.25) is 0 Å². The Kier molecular flexibility index (Phi) is 4.02. The molecular weight excluding hydrogens is 287 g/mol. The van der Waals surface area contributed by atoms with Crippen LogP contribution in [0.25, 0.3) is 0 Å². The van der Waals surface area contributed by atoms with Gasteiger partial charge < -0.3 is 4.90 Å². The second-order valence-corrected chi connectivity index (χ2v) is 6.85. The van der Waals surface area contributed by atoms with Crippen molar-refractivity contribution in [1.82, 2.24) is 4.98 Å². The van der Waals surface area contributed by atoms with Crippen molar-refractivity contribution < 1.29 is 4.39 Å². The maximum Gasteiger partial charge on any atom is 0.141 e. The van der Waals surface area contributed by atoms with Crippen LogP contribution in [0.15, 0.2) is 48.7 Å². The molecule has 3 heteroatoms. The molecule has 0 amide bonds. The van der Waals surface area contributed by atoms with E-state index in [0.29, 0.717) is 17.9 Å². The van der Waals surface area contributed by atoms with Crippen molar-refractivity contribution in [2.24, 2.45) is 5.92 Å². The SMILES string of the molecule is Fc1ccc(N2CC[C@H](c3ccccc3)[C@H]3CCCC[C@H]32)nc1. The summed E-state index contributed by atoms with van der Waals surface area (Å²) in [5.41, 5.74) is 1.48. The third-order valence-corrected chi connectivity index (χ3v) is 5.61. The van der Waals surface area contributed by atoms with Gasteiger partial charge in [-0.15, -0.1) is 0 Å². The lowest BCUT2D eigenvalue weighted by Crippen LogP contribution is -2.50. The van der Waals surface area contributed by atoms with Crippen LogP contribution in [-0.4, -0.2) is 17.6 Å². The number of benzene rings is 1. The first-order valence-corrected chi connectivity index (χ1v) is 8.76. The van der Waals surface area contributed by atoms with E-state index in [1.165, 1.54) is 43.5 Å². The first kappa shape index (κ1) is 14.7. The van der Waals surface area contributed by atoms with Crippen LogP contribution in [0.2, 0.25) is 0 Å². The van der Waals surface area contributed by atoms with Gasteiger partial charge in [-0.05, 0) is 48.8 Å². The Morgan fingerprint density at radius 3 is 2.57 bits per heavy atom. The zero-order valence-corrected chi connectivity index (χ0v) is 13.4. The average Bonchev–Trinajstić information content (AvgIpc) is 2.62.